The maximum absolute atomic E-state index is 13.5. The van der Waals surface area contributed by atoms with Crippen LogP contribution in [0.4, 0.5) is 10.1 Å². The smallest absolute Gasteiger partial charge is 0.259 e. The Labute approximate surface area is 133 Å². The maximum atomic E-state index is 13.5. The molecular formula is C14H10BrFN2O2S. The molecule has 1 amide bonds. The Bertz CT molecular complexity index is 737. The van der Waals surface area contributed by atoms with Gasteiger partial charge >= 0.3 is 0 Å². The van der Waals surface area contributed by atoms with Crippen LogP contribution in [0.1, 0.15) is 15.9 Å². The lowest BCUT2D eigenvalue weighted by atomic mass is 10.1. The van der Waals surface area contributed by atoms with Crippen LogP contribution < -0.4 is 11.1 Å². The second-order valence-corrected chi connectivity index (χ2v) is 5.53. The monoisotopic (exact) mass is 368 g/mol. The van der Waals surface area contributed by atoms with E-state index in [9.17, 15) is 14.3 Å². The number of aromatic hydroxyl groups is 1. The number of anilines is 1. The molecule has 0 aromatic heterocycles. The van der Waals surface area contributed by atoms with E-state index in [2.05, 4.69) is 21.2 Å². The number of phenolic OH excluding ortho intramolecular Hbond substituents is 1. The van der Waals surface area contributed by atoms with Gasteiger partial charge in [0, 0.05) is 15.7 Å². The molecule has 0 spiro atoms. The molecule has 0 fully saturated rings. The summed E-state index contributed by atoms with van der Waals surface area (Å²) < 4.78 is 14.1. The van der Waals surface area contributed by atoms with E-state index in [1.807, 2.05) is 0 Å². The van der Waals surface area contributed by atoms with Gasteiger partial charge in [-0.25, -0.2) is 4.39 Å². The van der Waals surface area contributed by atoms with E-state index in [1.165, 1.54) is 24.3 Å². The first-order chi connectivity index (χ1) is 9.88. The quantitative estimate of drug-likeness (QED) is 0.727. The second kappa shape index (κ2) is 6.19. The molecule has 2 aromatic rings. The number of amides is 1. The molecular weight excluding hydrogens is 359 g/mol. The minimum atomic E-state index is -0.563. The minimum Gasteiger partial charge on any atom is -0.507 e. The van der Waals surface area contributed by atoms with Crippen LogP contribution in [0.15, 0.2) is 40.9 Å². The first-order valence-corrected chi connectivity index (χ1v) is 6.98. The van der Waals surface area contributed by atoms with Gasteiger partial charge in [-0.15, -0.1) is 0 Å². The van der Waals surface area contributed by atoms with Crippen molar-refractivity contribution in [3.8, 4) is 5.75 Å². The Morgan fingerprint density at radius 3 is 2.57 bits per heavy atom. The summed E-state index contributed by atoms with van der Waals surface area (Å²) >= 11 is 7.92. The molecule has 0 aliphatic rings. The maximum Gasteiger partial charge on any atom is 0.259 e. The molecule has 4 N–H and O–H groups in total. The fraction of sp³-hybridized carbons (Fsp3) is 0. The number of phenols is 1. The predicted octanol–water partition coefficient (Wildman–Crippen LogP) is 3.18. The van der Waals surface area contributed by atoms with E-state index >= 15 is 0 Å². The number of benzene rings is 2. The van der Waals surface area contributed by atoms with Crippen molar-refractivity contribution in [2.75, 3.05) is 5.32 Å². The van der Waals surface area contributed by atoms with Crippen molar-refractivity contribution in [3.05, 3.63) is 57.8 Å². The molecule has 0 saturated carbocycles. The van der Waals surface area contributed by atoms with Crippen molar-refractivity contribution in [1.29, 1.82) is 0 Å². The summed E-state index contributed by atoms with van der Waals surface area (Å²) in [7, 11) is 0. The number of carbonyl (C=O) groups excluding carboxylic acids is 1. The van der Waals surface area contributed by atoms with Gasteiger partial charge in [0.05, 0.1) is 5.56 Å². The second-order valence-electron chi connectivity index (χ2n) is 4.17. The van der Waals surface area contributed by atoms with Crippen molar-refractivity contribution in [3.63, 3.8) is 0 Å². The average Bonchev–Trinajstić information content (AvgIpc) is 2.40. The van der Waals surface area contributed by atoms with Crippen LogP contribution in [0, 0.1) is 5.82 Å². The third kappa shape index (κ3) is 3.56. The van der Waals surface area contributed by atoms with Crippen molar-refractivity contribution in [2.24, 2.45) is 5.73 Å². The van der Waals surface area contributed by atoms with Gasteiger partial charge in [0.15, 0.2) is 0 Å². The highest BCUT2D eigenvalue weighted by atomic mass is 79.9. The summed E-state index contributed by atoms with van der Waals surface area (Å²) in [6.45, 7) is 0. The molecule has 4 nitrogen and oxygen atoms in total. The van der Waals surface area contributed by atoms with E-state index < -0.39 is 11.7 Å². The summed E-state index contributed by atoms with van der Waals surface area (Å²) in [6, 6.07) is 8.37. The molecule has 0 unspecified atom stereocenters. The number of halogens is 2. The van der Waals surface area contributed by atoms with Crippen LogP contribution in [0.2, 0.25) is 0 Å². The molecule has 0 bridgehead atoms. The summed E-state index contributed by atoms with van der Waals surface area (Å²) in [5.74, 6) is -1.26. The highest BCUT2D eigenvalue weighted by molar-refractivity contribution is 9.10. The SMILES string of the molecule is NC(=S)c1cc(NC(=O)c2ccc(Br)cc2O)ccc1F. The van der Waals surface area contributed by atoms with Crippen LogP contribution in [0.25, 0.3) is 0 Å². The number of nitrogens with two attached hydrogens (primary N) is 1. The van der Waals surface area contributed by atoms with E-state index in [1.54, 1.807) is 6.07 Å². The minimum absolute atomic E-state index is 0.0443. The van der Waals surface area contributed by atoms with Crippen LogP contribution in [-0.4, -0.2) is 16.0 Å². The van der Waals surface area contributed by atoms with E-state index in [0.29, 0.717) is 10.2 Å². The Morgan fingerprint density at radius 2 is 1.95 bits per heavy atom. The normalized spacial score (nSPS) is 10.2. The third-order valence-corrected chi connectivity index (χ3v) is 3.41. The van der Waals surface area contributed by atoms with Gasteiger partial charge in [-0.2, -0.15) is 0 Å². The molecule has 0 saturated heterocycles. The molecule has 0 radical (unpaired) electrons. The molecule has 0 aliphatic heterocycles. The molecule has 2 aromatic carbocycles. The van der Waals surface area contributed by atoms with Crippen molar-refractivity contribution >= 4 is 44.7 Å². The Balaban J connectivity index is 2.27. The van der Waals surface area contributed by atoms with Crippen molar-refractivity contribution < 1.29 is 14.3 Å². The average molecular weight is 369 g/mol. The van der Waals surface area contributed by atoms with Crippen LogP contribution >= 0.6 is 28.1 Å². The van der Waals surface area contributed by atoms with E-state index in [4.69, 9.17) is 18.0 Å². The van der Waals surface area contributed by atoms with Gasteiger partial charge in [0.25, 0.3) is 5.91 Å². The highest BCUT2D eigenvalue weighted by Gasteiger charge is 2.13. The molecule has 108 valence electrons. The number of thiocarbonyl (C=S) groups is 1. The zero-order chi connectivity index (χ0) is 15.6. The third-order valence-electron chi connectivity index (χ3n) is 2.69. The van der Waals surface area contributed by atoms with Crippen LogP contribution in [0.5, 0.6) is 5.75 Å². The van der Waals surface area contributed by atoms with Gasteiger partial charge in [0.2, 0.25) is 0 Å². The molecule has 0 heterocycles. The topological polar surface area (TPSA) is 75.3 Å². The summed E-state index contributed by atoms with van der Waals surface area (Å²) in [5.41, 5.74) is 5.87. The van der Waals surface area contributed by atoms with Gasteiger partial charge < -0.3 is 16.2 Å². The number of hydrogen-bond acceptors (Lipinski definition) is 3. The lowest BCUT2D eigenvalue weighted by molar-refractivity contribution is 0.102. The fourth-order valence-corrected chi connectivity index (χ4v) is 2.19. The van der Waals surface area contributed by atoms with Crippen molar-refractivity contribution in [1.82, 2.24) is 0 Å². The van der Waals surface area contributed by atoms with Gasteiger partial charge in [-0.05, 0) is 36.4 Å². The van der Waals surface area contributed by atoms with Crippen molar-refractivity contribution in [2.45, 2.75) is 0 Å². The summed E-state index contributed by atoms with van der Waals surface area (Å²) in [5, 5.41) is 12.3. The number of hydrogen-bond donors (Lipinski definition) is 3. The first kappa shape index (κ1) is 15.4. The first-order valence-electron chi connectivity index (χ1n) is 5.77. The van der Waals surface area contributed by atoms with Gasteiger partial charge in [-0.3, -0.25) is 4.79 Å². The fourth-order valence-electron chi connectivity index (χ4n) is 1.69. The number of carbonyl (C=O) groups is 1. The van der Waals surface area contributed by atoms with Crippen LogP contribution in [-0.2, 0) is 0 Å². The Kier molecular flexibility index (Phi) is 4.54. The lowest BCUT2D eigenvalue weighted by Gasteiger charge is -2.09. The number of nitrogens with one attached hydrogen (secondary N) is 1. The largest absolute Gasteiger partial charge is 0.507 e. The predicted molar refractivity (Wildman–Crippen MR) is 86.0 cm³/mol. The molecule has 2 rings (SSSR count). The molecule has 0 atom stereocenters. The lowest BCUT2D eigenvalue weighted by Crippen LogP contribution is -2.15. The standard InChI is InChI=1S/C14H10BrFN2O2S/c15-7-1-3-9(12(19)5-7)14(20)18-8-2-4-11(16)10(6-8)13(17)21/h1-6,19H,(H2,17,21)(H,18,20). The summed E-state index contributed by atoms with van der Waals surface area (Å²) in [4.78, 5) is 12.0. The van der Waals surface area contributed by atoms with E-state index in [-0.39, 0.29) is 21.9 Å². The zero-order valence-corrected chi connectivity index (χ0v) is 13.0. The molecule has 0 aliphatic carbocycles. The Morgan fingerprint density at radius 1 is 1.24 bits per heavy atom. The molecule has 21 heavy (non-hydrogen) atoms. The van der Waals surface area contributed by atoms with Crippen LogP contribution in [0.3, 0.4) is 0 Å². The zero-order valence-electron chi connectivity index (χ0n) is 10.6. The summed E-state index contributed by atoms with van der Waals surface area (Å²) in [6.07, 6.45) is 0. The Hall–Kier alpha value is -1.99. The molecule has 7 heteroatoms. The highest BCUT2D eigenvalue weighted by Crippen LogP contribution is 2.23. The van der Waals surface area contributed by atoms with E-state index in [0.717, 1.165) is 6.07 Å². The number of rotatable bonds is 3. The van der Waals surface area contributed by atoms with Gasteiger partial charge in [-0.1, -0.05) is 28.1 Å². The van der Waals surface area contributed by atoms with Gasteiger partial charge in [0.1, 0.15) is 16.6 Å².